The Hall–Kier alpha value is -2.95. The Bertz CT molecular complexity index is 788. The number of benzene rings is 1. The van der Waals surface area contributed by atoms with Gasteiger partial charge in [0.1, 0.15) is 5.82 Å². The molecular formula is C18H15FN2O2. The summed E-state index contributed by atoms with van der Waals surface area (Å²) in [5.74, 6) is -0.429. The maximum Gasteiger partial charge on any atom is 0.290 e. The van der Waals surface area contributed by atoms with E-state index in [1.54, 1.807) is 43.6 Å². The van der Waals surface area contributed by atoms with Gasteiger partial charge in [-0.3, -0.25) is 9.78 Å². The van der Waals surface area contributed by atoms with Gasteiger partial charge in [0, 0.05) is 13.2 Å². The van der Waals surface area contributed by atoms with Gasteiger partial charge in [-0.1, -0.05) is 18.2 Å². The molecule has 0 aliphatic carbocycles. The summed E-state index contributed by atoms with van der Waals surface area (Å²) < 4.78 is 18.8. The third kappa shape index (κ3) is 3.13. The molecule has 23 heavy (non-hydrogen) atoms. The van der Waals surface area contributed by atoms with Gasteiger partial charge in [-0.25, -0.2) is 4.39 Å². The SMILES string of the molecule is CN(C(=O)c1ccco1)[C@H](c1cccc(F)c1)c1ccccn1. The first-order valence-corrected chi connectivity index (χ1v) is 7.14. The van der Waals surface area contributed by atoms with Crippen LogP contribution in [0.25, 0.3) is 0 Å². The molecule has 0 N–H and O–H groups in total. The summed E-state index contributed by atoms with van der Waals surface area (Å²) >= 11 is 0. The molecule has 2 heterocycles. The molecule has 1 atom stereocenters. The van der Waals surface area contributed by atoms with Crippen molar-refractivity contribution in [3.63, 3.8) is 0 Å². The average Bonchev–Trinajstić information content (AvgIpc) is 3.10. The molecule has 0 saturated heterocycles. The second-order valence-electron chi connectivity index (χ2n) is 5.11. The van der Waals surface area contributed by atoms with E-state index in [1.807, 2.05) is 12.1 Å². The summed E-state index contributed by atoms with van der Waals surface area (Å²) in [4.78, 5) is 18.4. The lowest BCUT2D eigenvalue weighted by atomic mass is 10.0. The molecule has 1 amide bonds. The van der Waals surface area contributed by atoms with Crippen LogP contribution in [-0.2, 0) is 0 Å². The smallest absolute Gasteiger partial charge is 0.290 e. The highest BCUT2D eigenvalue weighted by Crippen LogP contribution is 2.28. The number of amides is 1. The maximum absolute atomic E-state index is 13.6. The fourth-order valence-electron chi connectivity index (χ4n) is 2.50. The van der Waals surface area contributed by atoms with E-state index < -0.39 is 6.04 Å². The number of nitrogens with zero attached hydrogens (tertiary/aromatic N) is 2. The molecule has 0 radical (unpaired) electrons. The lowest BCUT2D eigenvalue weighted by Gasteiger charge is -2.27. The highest BCUT2D eigenvalue weighted by atomic mass is 19.1. The molecular weight excluding hydrogens is 295 g/mol. The van der Waals surface area contributed by atoms with E-state index in [4.69, 9.17) is 4.42 Å². The average molecular weight is 310 g/mol. The van der Waals surface area contributed by atoms with Crippen molar-refractivity contribution in [2.75, 3.05) is 7.05 Å². The molecule has 0 aliphatic rings. The van der Waals surface area contributed by atoms with E-state index in [1.165, 1.54) is 23.3 Å². The van der Waals surface area contributed by atoms with Crippen LogP contribution in [0.3, 0.4) is 0 Å². The molecule has 3 aromatic rings. The molecule has 116 valence electrons. The summed E-state index contributed by atoms with van der Waals surface area (Å²) in [7, 11) is 1.65. The van der Waals surface area contributed by atoms with Crippen LogP contribution in [-0.4, -0.2) is 22.8 Å². The quantitative estimate of drug-likeness (QED) is 0.738. The van der Waals surface area contributed by atoms with Gasteiger partial charge in [0.15, 0.2) is 5.76 Å². The summed E-state index contributed by atoms with van der Waals surface area (Å²) in [5.41, 5.74) is 1.30. The van der Waals surface area contributed by atoms with Crippen LogP contribution in [0.2, 0.25) is 0 Å². The van der Waals surface area contributed by atoms with Crippen LogP contribution in [0.4, 0.5) is 4.39 Å². The number of furan rings is 1. The van der Waals surface area contributed by atoms with Crippen LogP contribution >= 0.6 is 0 Å². The van der Waals surface area contributed by atoms with Gasteiger partial charge in [-0.15, -0.1) is 0 Å². The summed E-state index contributed by atoms with van der Waals surface area (Å²) in [6.45, 7) is 0. The standard InChI is InChI=1S/C18H15FN2O2/c1-21(18(22)16-9-5-11-23-16)17(15-8-2-3-10-20-15)13-6-4-7-14(19)12-13/h2-12,17H,1H3/t17-/m1/s1. The van der Waals surface area contributed by atoms with Gasteiger partial charge >= 0.3 is 0 Å². The van der Waals surface area contributed by atoms with Crippen molar-refractivity contribution in [3.05, 3.63) is 89.9 Å². The molecule has 0 fully saturated rings. The molecule has 3 rings (SSSR count). The second-order valence-corrected chi connectivity index (χ2v) is 5.11. The second kappa shape index (κ2) is 6.44. The van der Waals surface area contributed by atoms with Gasteiger partial charge in [-0.2, -0.15) is 0 Å². The number of hydrogen-bond acceptors (Lipinski definition) is 3. The van der Waals surface area contributed by atoms with Gasteiger partial charge in [0.25, 0.3) is 5.91 Å². The van der Waals surface area contributed by atoms with Crippen molar-refractivity contribution in [1.29, 1.82) is 0 Å². The number of halogens is 1. The van der Waals surface area contributed by atoms with E-state index in [2.05, 4.69) is 4.98 Å². The van der Waals surface area contributed by atoms with Crippen molar-refractivity contribution in [2.24, 2.45) is 0 Å². The van der Waals surface area contributed by atoms with Gasteiger partial charge < -0.3 is 9.32 Å². The summed E-state index contributed by atoms with van der Waals surface area (Å²) in [6, 6.07) is 14.3. The predicted octanol–water partition coefficient (Wildman–Crippen LogP) is 3.68. The Morgan fingerprint density at radius 1 is 1.17 bits per heavy atom. The van der Waals surface area contributed by atoms with E-state index in [0.29, 0.717) is 11.3 Å². The third-order valence-electron chi connectivity index (χ3n) is 3.57. The Kier molecular flexibility index (Phi) is 4.19. The van der Waals surface area contributed by atoms with Crippen molar-refractivity contribution in [2.45, 2.75) is 6.04 Å². The summed E-state index contributed by atoms with van der Waals surface area (Å²) in [6.07, 6.45) is 3.09. The van der Waals surface area contributed by atoms with Gasteiger partial charge in [0.05, 0.1) is 18.0 Å². The Morgan fingerprint density at radius 3 is 2.70 bits per heavy atom. The molecule has 1 aromatic carbocycles. The minimum absolute atomic E-state index is 0.227. The first kappa shape index (κ1) is 15.0. The first-order valence-electron chi connectivity index (χ1n) is 7.14. The fourth-order valence-corrected chi connectivity index (χ4v) is 2.50. The number of hydrogen-bond donors (Lipinski definition) is 0. The molecule has 0 bridgehead atoms. The molecule has 0 unspecified atom stereocenters. The summed E-state index contributed by atoms with van der Waals surface area (Å²) in [5, 5.41) is 0. The lowest BCUT2D eigenvalue weighted by Crippen LogP contribution is -2.32. The van der Waals surface area contributed by atoms with Crippen LogP contribution in [0.1, 0.15) is 27.9 Å². The van der Waals surface area contributed by atoms with Crippen molar-refractivity contribution in [1.82, 2.24) is 9.88 Å². The topological polar surface area (TPSA) is 46.3 Å². The maximum atomic E-state index is 13.6. The number of rotatable bonds is 4. The van der Waals surface area contributed by atoms with Crippen LogP contribution in [0.15, 0.2) is 71.5 Å². The lowest BCUT2D eigenvalue weighted by molar-refractivity contribution is 0.0720. The fraction of sp³-hybridized carbons (Fsp3) is 0.111. The minimum Gasteiger partial charge on any atom is -0.459 e. The van der Waals surface area contributed by atoms with Crippen molar-refractivity contribution >= 4 is 5.91 Å². The van der Waals surface area contributed by atoms with Gasteiger partial charge in [0.2, 0.25) is 0 Å². The zero-order valence-corrected chi connectivity index (χ0v) is 12.5. The van der Waals surface area contributed by atoms with E-state index in [0.717, 1.165) is 0 Å². The zero-order chi connectivity index (χ0) is 16.2. The van der Waals surface area contributed by atoms with Gasteiger partial charge in [-0.05, 0) is 42.0 Å². The van der Waals surface area contributed by atoms with Crippen molar-refractivity contribution in [3.8, 4) is 0 Å². The number of carbonyl (C=O) groups excluding carboxylic acids is 1. The first-order chi connectivity index (χ1) is 11.2. The Balaban J connectivity index is 2.03. The van der Waals surface area contributed by atoms with E-state index in [-0.39, 0.29) is 17.5 Å². The molecule has 5 heteroatoms. The highest BCUT2D eigenvalue weighted by molar-refractivity contribution is 5.91. The molecule has 4 nitrogen and oxygen atoms in total. The van der Waals surface area contributed by atoms with Crippen LogP contribution in [0, 0.1) is 5.82 Å². The van der Waals surface area contributed by atoms with E-state index in [9.17, 15) is 9.18 Å². The number of pyridine rings is 1. The van der Waals surface area contributed by atoms with E-state index >= 15 is 0 Å². The Labute approximate surface area is 133 Å². The third-order valence-corrected chi connectivity index (χ3v) is 3.57. The molecule has 2 aromatic heterocycles. The highest BCUT2D eigenvalue weighted by Gasteiger charge is 2.27. The minimum atomic E-state index is -0.510. The molecule has 0 saturated carbocycles. The molecule has 0 aliphatic heterocycles. The largest absolute Gasteiger partial charge is 0.459 e. The zero-order valence-electron chi connectivity index (χ0n) is 12.5. The van der Waals surface area contributed by atoms with Crippen LogP contribution < -0.4 is 0 Å². The monoisotopic (exact) mass is 310 g/mol. The number of aromatic nitrogens is 1. The molecule has 0 spiro atoms. The predicted molar refractivity (Wildman–Crippen MR) is 83.3 cm³/mol. The number of carbonyl (C=O) groups is 1. The van der Waals surface area contributed by atoms with Crippen molar-refractivity contribution < 1.29 is 13.6 Å². The Morgan fingerprint density at radius 2 is 2.04 bits per heavy atom. The normalized spacial score (nSPS) is 11.9. The van der Waals surface area contributed by atoms with Crippen LogP contribution in [0.5, 0.6) is 0 Å².